The predicted molar refractivity (Wildman–Crippen MR) is 72.7 cm³/mol. The molecule has 1 saturated heterocycles. The first kappa shape index (κ1) is 12.4. The molecule has 1 aliphatic carbocycles. The van der Waals surface area contributed by atoms with E-state index in [9.17, 15) is 0 Å². The Hall–Kier alpha value is -1.60. The lowest BCUT2D eigenvalue weighted by atomic mass is 9.89. The Morgan fingerprint density at radius 2 is 2.26 bits per heavy atom. The van der Waals surface area contributed by atoms with Gasteiger partial charge in [-0.25, -0.2) is 4.98 Å². The van der Waals surface area contributed by atoms with Gasteiger partial charge in [-0.15, -0.1) is 0 Å². The third kappa shape index (κ3) is 2.71. The van der Waals surface area contributed by atoms with Crippen LogP contribution < -0.4 is 5.32 Å². The number of nitrogens with one attached hydrogen (secondary N) is 1. The molecule has 4 nitrogen and oxygen atoms in total. The summed E-state index contributed by atoms with van der Waals surface area (Å²) in [7, 11) is 0. The monoisotopic (exact) mass is 257 g/mol. The maximum atomic E-state index is 8.91. The molecule has 1 saturated carbocycles. The topological polar surface area (TPSA) is 57.9 Å². The van der Waals surface area contributed by atoms with Crippen molar-refractivity contribution in [1.82, 2.24) is 4.98 Å². The molecule has 0 unspecified atom stereocenters. The highest BCUT2D eigenvalue weighted by atomic mass is 16.5. The lowest BCUT2D eigenvalue weighted by Gasteiger charge is -2.38. The molecule has 3 rings (SSSR count). The van der Waals surface area contributed by atoms with E-state index in [0.717, 1.165) is 25.3 Å². The molecule has 2 aliphatic rings. The van der Waals surface area contributed by atoms with E-state index in [2.05, 4.69) is 16.4 Å². The number of nitriles is 1. The van der Waals surface area contributed by atoms with Crippen LogP contribution in [-0.4, -0.2) is 23.2 Å². The van der Waals surface area contributed by atoms with Crippen molar-refractivity contribution in [2.75, 3.05) is 11.9 Å². The summed E-state index contributed by atoms with van der Waals surface area (Å²) in [4.78, 5) is 4.29. The lowest BCUT2D eigenvalue weighted by Crippen LogP contribution is -2.42. The molecule has 1 aromatic rings. The Morgan fingerprint density at radius 1 is 1.42 bits per heavy atom. The van der Waals surface area contributed by atoms with Gasteiger partial charge in [0, 0.05) is 18.8 Å². The van der Waals surface area contributed by atoms with Crippen molar-refractivity contribution in [1.29, 1.82) is 5.26 Å². The zero-order chi connectivity index (χ0) is 13.1. The molecule has 1 aromatic heterocycles. The first-order valence-electron chi connectivity index (χ1n) is 7.06. The van der Waals surface area contributed by atoms with Gasteiger partial charge in [0.1, 0.15) is 5.82 Å². The number of hydrogen-bond donors (Lipinski definition) is 1. The van der Waals surface area contributed by atoms with E-state index in [0.29, 0.717) is 11.6 Å². The van der Waals surface area contributed by atoms with E-state index in [4.69, 9.17) is 10.00 Å². The standard InChI is InChI=1S/C15H19N3O/c16-11-12-3-7-17-14(9-12)18-13-4-8-19-15(10-13)5-1-2-6-15/h3,7,9,13H,1-2,4-6,8,10H2,(H,17,18)/t13-/m1/s1. The molecule has 100 valence electrons. The molecule has 19 heavy (non-hydrogen) atoms. The van der Waals surface area contributed by atoms with Gasteiger partial charge in [0.25, 0.3) is 0 Å². The average molecular weight is 257 g/mol. The quantitative estimate of drug-likeness (QED) is 0.885. The van der Waals surface area contributed by atoms with Gasteiger partial charge < -0.3 is 10.1 Å². The van der Waals surface area contributed by atoms with Crippen molar-refractivity contribution in [2.45, 2.75) is 50.2 Å². The zero-order valence-electron chi connectivity index (χ0n) is 11.1. The Kier molecular flexibility index (Phi) is 3.39. The normalized spacial score (nSPS) is 25.1. The average Bonchev–Trinajstić information content (AvgIpc) is 2.87. The molecular formula is C15H19N3O. The Bertz CT molecular complexity index is 488. The van der Waals surface area contributed by atoms with Crippen LogP contribution in [0.15, 0.2) is 18.3 Å². The Morgan fingerprint density at radius 3 is 3.05 bits per heavy atom. The molecule has 1 atom stereocenters. The zero-order valence-corrected chi connectivity index (χ0v) is 11.1. The largest absolute Gasteiger partial charge is 0.375 e. The molecule has 0 radical (unpaired) electrons. The second-order valence-corrected chi connectivity index (χ2v) is 5.61. The predicted octanol–water partition coefficient (Wildman–Crippen LogP) is 2.86. The van der Waals surface area contributed by atoms with Crippen molar-refractivity contribution >= 4 is 5.82 Å². The minimum atomic E-state index is 0.114. The third-order valence-corrected chi connectivity index (χ3v) is 4.25. The van der Waals surface area contributed by atoms with E-state index in [1.165, 1.54) is 25.7 Å². The fourth-order valence-corrected chi connectivity index (χ4v) is 3.31. The second kappa shape index (κ2) is 5.18. The molecule has 0 bridgehead atoms. The number of aromatic nitrogens is 1. The molecule has 0 amide bonds. The maximum Gasteiger partial charge on any atom is 0.127 e. The van der Waals surface area contributed by atoms with Crippen LogP contribution in [0, 0.1) is 11.3 Å². The number of anilines is 1. The summed E-state index contributed by atoms with van der Waals surface area (Å²) in [5.41, 5.74) is 0.767. The summed E-state index contributed by atoms with van der Waals surface area (Å²) in [5.74, 6) is 0.805. The first-order chi connectivity index (χ1) is 9.30. The summed E-state index contributed by atoms with van der Waals surface area (Å²) in [6, 6.07) is 6.10. The number of ether oxygens (including phenoxy) is 1. The van der Waals surface area contributed by atoms with Gasteiger partial charge in [-0.3, -0.25) is 0 Å². The minimum absolute atomic E-state index is 0.114. The van der Waals surface area contributed by atoms with Crippen LogP contribution in [0.2, 0.25) is 0 Å². The van der Waals surface area contributed by atoms with Crippen LogP contribution in [0.5, 0.6) is 0 Å². The summed E-state index contributed by atoms with van der Waals surface area (Å²) >= 11 is 0. The van der Waals surface area contributed by atoms with E-state index in [1.54, 1.807) is 12.3 Å². The van der Waals surface area contributed by atoms with Crippen molar-refractivity contribution in [3.05, 3.63) is 23.9 Å². The van der Waals surface area contributed by atoms with Crippen molar-refractivity contribution < 1.29 is 4.74 Å². The van der Waals surface area contributed by atoms with Crippen LogP contribution in [0.4, 0.5) is 5.82 Å². The van der Waals surface area contributed by atoms with Gasteiger partial charge in [0.15, 0.2) is 0 Å². The Labute approximate surface area is 113 Å². The fraction of sp³-hybridized carbons (Fsp3) is 0.600. The highest BCUT2D eigenvalue weighted by Gasteiger charge is 2.39. The summed E-state index contributed by atoms with van der Waals surface area (Å²) in [6.07, 6.45) is 8.72. The highest BCUT2D eigenvalue weighted by Crippen LogP contribution is 2.40. The first-order valence-corrected chi connectivity index (χ1v) is 7.06. The van der Waals surface area contributed by atoms with E-state index < -0.39 is 0 Å². The van der Waals surface area contributed by atoms with E-state index >= 15 is 0 Å². The van der Waals surface area contributed by atoms with Gasteiger partial charge in [-0.1, -0.05) is 12.8 Å². The maximum absolute atomic E-state index is 8.91. The van der Waals surface area contributed by atoms with Crippen molar-refractivity contribution in [3.63, 3.8) is 0 Å². The molecule has 4 heteroatoms. The molecule has 2 heterocycles. The van der Waals surface area contributed by atoms with Gasteiger partial charge in [-0.2, -0.15) is 5.26 Å². The van der Waals surface area contributed by atoms with Gasteiger partial charge in [-0.05, 0) is 37.8 Å². The molecule has 1 N–H and O–H groups in total. The van der Waals surface area contributed by atoms with Crippen LogP contribution in [0.3, 0.4) is 0 Å². The number of nitrogens with zero attached hydrogens (tertiary/aromatic N) is 2. The minimum Gasteiger partial charge on any atom is -0.375 e. The van der Waals surface area contributed by atoms with Gasteiger partial charge in [0.2, 0.25) is 0 Å². The van der Waals surface area contributed by atoms with E-state index in [1.807, 2.05) is 6.07 Å². The molecule has 2 fully saturated rings. The van der Waals surface area contributed by atoms with Crippen LogP contribution >= 0.6 is 0 Å². The smallest absolute Gasteiger partial charge is 0.127 e. The highest BCUT2D eigenvalue weighted by molar-refractivity contribution is 5.43. The van der Waals surface area contributed by atoms with Crippen molar-refractivity contribution in [3.8, 4) is 6.07 Å². The van der Waals surface area contributed by atoms with Crippen LogP contribution in [0.1, 0.15) is 44.1 Å². The summed E-state index contributed by atoms with van der Waals surface area (Å²) < 4.78 is 6.03. The van der Waals surface area contributed by atoms with Gasteiger partial charge in [0.05, 0.1) is 17.2 Å². The molecule has 1 spiro atoms. The molecule has 1 aliphatic heterocycles. The van der Waals surface area contributed by atoms with Crippen LogP contribution in [-0.2, 0) is 4.74 Å². The molecule has 0 aromatic carbocycles. The lowest BCUT2D eigenvalue weighted by molar-refractivity contribution is -0.0767. The summed E-state index contributed by atoms with van der Waals surface area (Å²) in [5, 5.41) is 12.4. The van der Waals surface area contributed by atoms with Crippen LogP contribution in [0.25, 0.3) is 0 Å². The summed E-state index contributed by atoms with van der Waals surface area (Å²) in [6.45, 7) is 0.829. The van der Waals surface area contributed by atoms with E-state index in [-0.39, 0.29) is 5.60 Å². The molecular weight excluding hydrogens is 238 g/mol. The number of rotatable bonds is 2. The second-order valence-electron chi connectivity index (χ2n) is 5.61. The SMILES string of the molecule is N#Cc1ccnc(N[C@@H]2CCOC3(CCCC3)C2)c1. The third-order valence-electron chi connectivity index (χ3n) is 4.25. The number of hydrogen-bond acceptors (Lipinski definition) is 4. The van der Waals surface area contributed by atoms with Crippen molar-refractivity contribution in [2.24, 2.45) is 0 Å². The Balaban J connectivity index is 1.67. The van der Waals surface area contributed by atoms with Gasteiger partial charge >= 0.3 is 0 Å². The fourth-order valence-electron chi connectivity index (χ4n) is 3.31. The number of pyridine rings is 1.